The summed E-state index contributed by atoms with van der Waals surface area (Å²) in [5.74, 6) is -0.377. The molecule has 1 aromatic heterocycles. The molecule has 0 saturated heterocycles. The Morgan fingerprint density at radius 3 is 3.00 bits per heavy atom. The normalized spacial score (nSPS) is 12.2. The van der Waals surface area contributed by atoms with Crippen molar-refractivity contribution >= 4 is 21.9 Å². The van der Waals surface area contributed by atoms with E-state index in [0.29, 0.717) is 13.0 Å². The molecule has 0 fully saturated rings. The summed E-state index contributed by atoms with van der Waals surface area (Å²) in [5, 5.41) is 0. The summed E-state index contributed by atoms with van der Waals surface area (Å²) in [6.07, 6.45) is 3.80. The standard InChI is InChI=1S/C10H13BrN2O2/c1-2-15-10(14)9(12)4-7-3-8(11)6-13-5-7/h3,5-6,9H,2,4,12H2,1H3. The minimum atomic E-state index is -0.624. The van der Waals surface area contributed by atoms with Crippen molar-refractivity contribution in [3.05, 3.63) is 28.5 Å². The number of esters is 1. The molecule has 82 valence electrons. The molecule has 0 bridgehead atoms. The molecule has 1 heterocycles. The number of ether oxygens (including phenoxy) is 1. The molecular formula is C10H13BrN2O2. The Labute approximate surface area is 97.0 Å². The van der Waals surface area contributed by atoms with Crippen LogP contribution in [-0.2, 0) is 16.0 Å². The van der Waals surface area contributed by atoms with Crippen LogP contribution in [0.4, 0.5) is 0 Å². The average Bonchev–Trinajstić information content (AvgIpc) is 2.18. The monoisotopic (exact) mass is 272 g/mol. The third-order valence-electron chi connectivity index (χ3n) is 1.81. The number of rotatable bonds is 4. The Morgan fingerprint density at radius 1 is 1.67 bits per heavy atom. The number of pyridine rings is 1. The zero-order chi connectivity index (χ0) is 11.3. The fraction of sp³-hybridized carbons (Fsp3) is 0.400. The van der Waals surface area contributed by atoms with Crippen LogP contribution in [0.25, 0.3) is 0 Å². The highest BCUT2D eigenvalue weighted by Crippen LogP contribution is 2.11. The zero-order valence-corrected chi connectivity index (χ0v) is 10.0. The second-order valence-electron chi connectivity index (χ2n) is 3.07. The summed E-state index contributed by atoms with van der Waals surface area (Å²) < 4.78 is 5.68. The van der Waals surface area contributed by atoms with Gasteiger partial charge in [-0.05, 0) is 40.9 Å². The fourth-order valence-electron chi connectivity index (χ4n) is 1.15. The first-order valence-corrected chi connectivity index (χ1v) is 5.44. The van der Waals surface area contributed by atoms with Crippen LogP contribution in [0, 0.1) is 0 Å². The molecule has 0 saturated carbocycles. The largest absolute Gasteiger partial charge is 0.465 e. The molecule has 0 aliphatic rings. The molecule has 15 heavy (non-hydrogen) atoms. The molecule has 0 spiro atoms. The topological polar surface area (TPSA) is 65.2 Å². The molecule has 0 aliphatic carbocycles. The van der Waals surface area contributed by atoms with E-state index in [1.165, 1.54) is 0 Å². The number of hydrogen-bond acceptors (Lipinski definition) is 4. The van der Waals surface area contributed by atoms with Crippen molar-refractivity contribution in [2.24, 2.45) is 5.73 Å². The van der Waals surface area contributed by atoms with Gasteiger partial charge in [-0.15, -0.1) is 0 Å². The summed E-state index contributed by atoms with van der Waals surface area (Å²) in [6, 6.07) is 1.26. The Kier molecular flexibility index (Phi) is 4.71. The van der Waals surface area contributed by atoms with E-state index < -0.39 is 6.04 Å². The molecule has 2 N–H and O–H groups in total. The van der Waals surface area contributed by atoms with Crippen molar-refractivity contribution in [1.29, 1.82) is 0 Å². The molecule has 0 radical (unpaired) electrons. The third-order valence-corrected chi connectivity index (χ3v) is 2.24. The number of carbonyl (C=O) groups is 1. The van der Waals surface area contributed by atoms with E-state index in [2.05, 4.69) is 20.9 Å². The predicted molar refractivity (Wildman–Crippen MR) is 60.2 cm³/mol. The fourth-order valence-corrected chi connectivity index (χ4v) is 1.57. The van der Waals surface area contributed by atoms with Gasteiger partial charge in [0.25, 0.3) is 0 Å². The number of halogens is 1. The van der Waals surface area contributed by atoms with E-state index in [1.54, 1.807) is 19.3 Å². The quantitative estimate of drug-likeness (QED) is 0.839. The highest BCUT2D eigenvalue weighted by Gasteiger charge is 2.15. The number of nitrogens with zero attached hydrogens (tertiary/aromatic N) is 1. The second-order valence-corrected chi connectivity index (χ2v) is 3.99. The van der Waals surface area contributed by atoms with Gasteiger partial charge in [0.15, 0.2) is 0 Å². The molecule has 1 unspecified atom stereocenters. The van der Waals surface area contributed by atoms with Gasteiger partial charge >= 0.3 is 5.97 Å². The van der Waals surface area contributed by atoms with E-state index in [0.717, 1.165) is 10.0 Å². The Morgan fingerprint density at radius 2 is 2.40 bits per heavy atom. The average molecular weight is 273 g/mol. The van der Waals surface area contributed by atoms with Crippen LogP contribution in [0.15, 0.2) is 22.9 Å². The Balaban J connectivity index is 2.58. The van der Waals surface area contributed by atoms with Crippen LogP contribution in [0.5, 0.6) is 0 Å². The van der Waals surface area contributed by atoms with Gasteiger partial charge in [-0.2, -0.15) is 0 Å². The Bertz CT molecular complexity index is 344. The van der Waals surface area contributed by atoms with Crippen molar-refractivity contribution in [2.75, 3.05) is 6.61 Å². The van der Waals surface area contributed by atoms with Crippen molar-refractivity contribution < 1.29 is 9.53 Å². The summed E-state index contributed by atoms with van der Waals surface area (Å²) in [7, 11) is 0. The van der Waals surface area contributed by atoms with Crippen LogP contribution in [0.3, 0.4) is 0 Å². The molecule has 1 atom stereocenters. The number of carbonyl (C=O) groups excluding carboxylic acids is 1. The first-order chi connectivity index (χ1) is 7.13. The van der Waals surface area contributed by atoms with Crippen LogP contribution in [0.2, 0.25) is 0 Å². The predicted octanol–water partition coefficient (Wildman–Crippen LogP) is 1.28. The maximum Gasteiger partial charge on any atom is 0.323 e. The van der Waals surface area contributed by atoms with Crippen LogP contribution >= 0.6 is 15.9 Å². The molecule has 0 amide bonds. The van der Waals surface area contributed by atoms with Gasteiger partial charge in [-0.1, -0.05) is 0 Å². The smallest absolute Gasteiger partial charge is 0.323 e. The summed E-state index contributed by atoms with van der Waals surface area (Å²) in [4.78, 5) is 15.2. The molecule has 5 heteroatoms. The van der Waals surface area contributed by atoms with Gasteiger partial charge in [-0.3, -0.25) is 9.78 Å². The minimum Gasteiger partial charge on any atom is -0.465 e. The number of aromatic nitrogens is 1. The van der Waals surface area contributed by atoms with Gasteiger partial charge in [0.05, 0.1) is 6.61 Å². The van der Waals surface area contributed by atoms with Gasteiger partial charge in [0.1, 0.15) is 6.04 Å². The molecule has 4 nitrogen and oxygen atoms in total. The lowest BCUT2D eigenvalue weighted by Crippen LogP contribution is -2.34. The summed E-state index contributed by atoms with van der Waals surface area (Å²) in [6.45, 7) is 2.11. The van der Waals surface area contributed by atoms with Crippen molar-refractivity contribution in [1.82, 2.24) is 4.98 Å². The number of nitrogens with two attached hydrogens (primary N) is 1. The first-order valence-electron chi connectivity index (χ1n) is 4.65. The van der Waals surface area contributed by atoms with Crippen LogP contribution in [-0.4, -0.2) is 23.6 Å². The van der Waals surface area contributed by atoms with E-state index >= 15 is 0 Å². The van der Waals surface area contributed by atoms with Gasteiger partial charge in [-0.25, -0.2) is 0 Å². The van der Waals surface area contributed by atoms with Crippen molar-refractivity contribution in [2.45, 2.75) is 19.4 Å². The van der Waals surface area contributed by atoms with Crippen LogP contribution in [0.1, 0.15) is 12.5 Å². The molecule has 1 aromatic rings. The van der Waals surface area contributed by atoms with E-state index in [9.17, 15) is 4.79 Å². The minimum absolute atomic E-state index is 0.350. The van der Waals surface area contributed by atoms with Crippen LogP contribution < -0.4 is 5.73 Å². The second kappa shape index (κ2) is 5.82. The highest BCUT2D eigenvalue weighted by molar-refractivity contribution is 9.10. The highest BCUT2D eigenvalue weighted by atomic mass is 79.9. The molecular weight excluding hydrogens is 260 g/mol. The van der Waals surface area contributed by atoms with Gasteiger partial charge in [0, 0.05) is 16.9 Å². The van der Waals surface area contributed by atoms with Gasteiger partial charge < -0.3 is 10.5 Å². The van der Waals surface area contributed by atoms with E-state index in [4.69, 9.17) is 10.5 Å². The van der Waals surface area contributed by atoms with E-state index in [1.807, 2.05) is 6.07 Å². The maximum atomic E-state index is 11.3. The van der Waals surface area contributed by atoms with Crippen molar-refractivity contribution in [3.8, 4) is 0 Å². The van der Waals surface area contributed by atoms with E-state index in [-0.39, 0.29) is 5.97 Å². The molecule has 0 aliphatic heterocycles. The van der Waals surface area contributed by atoms with Crippen molar-refractivity contribution in [3.63, 3.8) is 0 Å². The summed E-state index contributed by atoms with van der Waals surface area (Å²) >= 11 is 3.30. The maximum absolute atomic E-state index is 11.3. The lowest BCUT2D eigenvalue weighted by Gasteiger charge is -2.10. The lowest BCUT2D eigenvalue weighted by molar-refractivity contribution is -0.144. The zero-order valence-electron chi connectivity index (χ0n) is 8.44. The Hall–Kier alpha value is -0.940. The first kappa shape index (κ1) is 12.1. The summed E-state index contributed by atoms with van der Waals surface area (Å²) in [5.41, 5.74) is 6.58. The molecule has 0 aromatic carbocycles. The third kappa shape index (κ3) is 3.97. The molecule has 1 rings (SSSR count). The lowest BCUT2D eigenvalue weighted by atomic mass is 10.1. The van der Waals surface area contributed by atoms with Gasteiger partial charge in [0.2, 0.25) is 0 Å². The SMILES string of the molecule is CCOC(=O)C(N)Cc1cncc(Br)c1. The number of hydrogen-bond donors (Lipinski definition) is 1.